The quantitative estimate of drug-likeness (QED) is 0.694. The molecule has 0 bridgehead atoms. The van der Waals surface area contributed by atoms with Crippen molar-refractivity contribution < 1.29 is 17.6 Å². The van der Waals surface area contributed by atoms with Gasteiger partial charge in [-0.05, 0) is 60.7 Å². The Bertz CT molecular complexity index is 990. The fourth-order valence-electron chi connectivity index (χ4n) is 2.57. The highest BCUT2D eigenvalue weighted by atomic mass is 32.2. The first-order valence-electron chi connectivity index (χ1n) is 8.06. The Kier molecular flexibility index (Phi) is 5.29. The van der Waals surface area contributed by atoms with Gasteiger partial charge in [0.2, 0.25) is 0 Å². The highest BCUT2D eigenvalue weighted by Crippen LogP contribution is 2.32. The van der Waals surface area contributed by atoms with Gasteiger partial charge in [-0.3, -0.25) is 4.79 Å². The van der Waals surface area contributed by atoms with Crippen molar-refractivity contribution in [2.75, 3.05) is 6.54 Å². The summed E-state index contributed by atoms with van der Waals surface area (Å²) in [6, 6.07) is 11.8. The van der Waals surface area contributed by atoms with Gasteiger partial charge in [-0.15, -0.1) is 11.3 Å². The van der Waals surface area contributed by atoms with E-state index in [1.165, 1.54) is 23.7 Å². The molecule has 0 unspecified atom stereocenters. The number of carbonyl (C=O) groups is 1. The van der Waals surface area contributed by atoms with Gasteiger partial charge in [-0.1, -0.05) is 12.1 Å². The first-order chi connectivity index (χ1) is 12.4. The number of benzene rings is 1. The van der Waals surface area contributed by atoms with Crippen molar-refractivity contribution in [3.05, 3.63) is 75.9 Å². The van der Waals surface area contributed by atoms with Crippen LogP contribution < -0.4 is 5.32 Å². The average Bonchev–Trinajstić information content (AvgIpc) is 3.30. The molecule has 3 rings (SSSR count). The summed E-state index contributed by atoms with van der Waals surface area (Å²) in [6.45, 7) is 3.79. The monoisotopic (exact) mass is 389 g/mol. The second-order valence-corrected chi connectivity index (χ2v) is 9.09. The zero-order valence-electron chi connectivity index (χ0n) is 14.4. The summed E-state index contributed by atoms with van der Waals surface area (Å²) < 4.78 is 31.5. The van der Waals surface area contributed by atoms with Gasteiger partial charge in [0, 0.05) is 11.4 Å². The number of hydrogen-bond donors (Lipinski definition) is 1. The number of sulfone groups is 1. The lowest BCUT2D eigenvalue weighted by Crippen LogP contribution is -2.31. The van der Waals surface area contributed by atoms with E-state index in [1.54, 1.807) is 36.4 Å². The van der Waals surface area contributed by atoms with Crippen molar-refractivity contribution in [2.45, 2.75) is 24.0 Å². The van der Waals surface area contributed by atoms with Crippen LogP contribution in [0.4, 0.5) is 0 Å². The molecule has 1 aromatic carbocycles. The molecule has 0 saturated carbocycles. The van der Waals surface area contributed by atoms with E-state index < -0.39 is 21.0 Å². The lowest BCUT2D eigenvalue weighted by Gasteiger charge is -2.18. The topological polar surface area (TPSA) is 76.4 Å². The van der Waals surface area contributed by atoms with Gasteiger partial charge >= 0.3 is 0 Å². The molecule has 1 N–H and O–H groups in total. The van der Waals surface area contributed by atoms with E-state index in [1.807, 2.05) is 19.2 Å². The fraction of sp³-hybridized carbons (Fsp3) is 0.211. The summed E-state index contributed by atoms with van der Waals surface area (Å²) in [5, 5.41) is 3.64. The van der Waals surface area contributed by atoms with E-state index in [4.69, 9.17) is 4.42 Å². The Hall–Kier alpha value is -2.38. The van der Waals surface area contributed by atoms with Crippen LogP contribution in [-0.2, 0) is 9.84 Å². The van der Waals surface area contributed by atoms with Gasteiger partial charge in [-0.2, -0.15) is 0 Å². The van der Waals surface area contributed by atoms with Gasteiger partial charge in [0.05, 0.1) is 11.2 Å². The highest BCUT2D eigenvalue weighted by molar-refractivity contribution is 7.91. The first-order valence-corrected chi connectivity index (χ1v) is 10.5. The summed E-state index contributed by atoms with van der Waals surface area (Å²) in [6.07, 6.45) is 1.40. The molecule has 0 aliphatic heterocycles. The lowest BCUT2D eigenvalue weighted by atomic mass is 10.1. The third-order valence-corrected chi connectivity index (χ3v) is 7.45. The Labute approximate surface area is 156 Å². The van der Waals surface area contributed by atoms with E-state index in [-0.39, 0.29) is 17.2 Å². The Morgan fingerprint density at radius 2 is 1.96 bits per heavy atom. The number of nitrogens with one attached hydrogen (secondary N) is 1. The molecule has 136 valence electrons. The fourth-order valence-corrected chi connectivity index (χ4v) is 5.44. The number of amides is 1. The third-order valence-electron chi connectivity index (χ3n) is 4.23. The minimum absolute atomic E-state index is 0.0324. The predicted octanol–water partition coefficient (Wildman–Crippen LogP) is 3.90. The van der Waals surface area contributed by atoms with Crippen molar-refractivity contribution in [1.29, 1.82) is 0 Å². The Balaban J connectivity index is 1.90. The standard InChI is InChI=1S/C19H19NO4S2/c1-13-7-8-15(11-14(13)2)26(22,23)18(17-6-4-10-25-17)12-20-19(21)16-5-3-9-24-16/h3-11,18H,12H2,1-2H3,(H,20,21)/t18-/m1/s1. The van der Waals surface area contributed by atoms with Crippen LogP contribution in [0.25, 0.3) is 0 Å². The third kappa shape index (κ3) is 3.73. The van der Waals surface area contributed by atoms with Gasteiger partial charge in [0.25, 0.3) is 5.91 Å². The van der Waals surface area contributed by atoms with Crippen molar-refractivity contribution in [2.24, 2.45) is 0 Å². The summed E-state index contributed by atoms with van der Waals surface area (Å²) >= 11 is 1.36. The molecule has 0 aliphatic carbocycles. The van der Waals surface area contributed by atoms with Crippen molar-refractivity contribution in [1.82, 2.24) is 5.32 Å². The number of aryl methyl sites for hydroxylation is 2. The lowest BCUT2D eigenvalue weighted by molar-refractivity contribution is 0.0926. The van der Waals surface area contributed by atoms with Gasteiger partial charge in [-0.25, -0.2) is 8.42 Å². The molecular formula is C19H19NO4S2. The molecule has 2 aromatic heterocycles. The molecule has 2 heterocycles. The zero-order valence-corrected chi connectivity index (χ0v) is 16.1. The zero-order chi connectivity index (χ0) is 18.7. The second-order valence-electron chi connectivity index (χ2n) is 5.98. The molecule has 1 amide bonds. The SMILES string of the molecule is Cc1ccc(S(=O)(=O)[C@H](CNC(=O)c2ccco2)c2cccs2)cc1C. The molecule has 0 spiro atoms. The molecule has 1 atom stereocenters. The summed E-state index contributed by atoms with van der Waals surface area (Å²) in [7, 11) is -3.66. The highest BCUT2D eigenvalue weighted by Gasteiger charge is 2.31. The molecule has 5 nitrogen and oxygen atoms in total. The Morgan fingerprint density at radius 1 is 1.15 bits per heavy atom. The average molecular weight is 389 g/mol. The van der Waals surface area contributed by atoms with E-state index in [2.05, 4.69) is 5.32 Å². The maximum atomic E-state index is 13.2. The van der Waals surface area contributed by atoms with Crippen LogP contribution in [0, 0.1) is 13.8 Å². The van der Waals surface area contributed by atoms with Crippen LogP contribution in [0.1, 0.15) is 31.8 Å². The number of rotatable bonds is 6. The molecule has 0 aliphatic rings. The first kappa shape index (κ1) is 18.4. The minimum Gasteiger partial charge on any atom is -0.459 e. The molecule has 0 saturated heterocycles. The summed E-state index contributed by atoms with van der Waals surface area (Å²) in [5.41, 5.74) is 1.94. The van der Waals surface area contributed by atoms with Gasteiger partial charge < -0.3 is 9.73 Å². The number of carbonyl (C=O) groups excluding carboxylic acids is 1. The number of furan rings is 1. The molecule has 3 aromatic rings. The Morgan fingerprint density at radius 3 is 2.58 bits per heavy atom. The van der Waals surface area contributed by atoms with Crippen LogP contribution in [0.3, 0.4) is 0 Å². The molecule has 0 fully saturated rings. The van der Waals surface area contributed by atoms with Gasteiger partial charge in [0.1, 0.15) is 5.25 Å². The molecule has 0 radical (unpaired) electrons. The largest absolute Gasteiger partial charge is 0.459 e. The van der Waals surface area contributed by atoms with Crippen LogP contribution in [0.5, 0.6) is 0 Å². The molecule has 7 heteroatoms. The summed E-state index contributed by atoms with van der Waals surface area (Å²) in [4.78, 5) is 13.1. The van der Waals surface area contributed by atoms with Crippen molar-refractivity contribution in [3.8, 4) is 0 Å². The van der Waals surface area contributed by atoms with E-state index in [0.717, 1.165) is 11.1 Å². The van der Waals surface area contributed by atoms with Crippen LogP contribution in [-0.4, -0.2) is 20.9 Å². The normalized spacial score (nSPS) is 12.7. The summed E-state index contributed by atoms with van der Waals surface area (Å²) in [5.74, 6) is -0.287. The number of hydrogen-bond acceptors (Lipinski definition) is 5. The predicted molar refractivity (Wildman–Crippen MR) is 101 cm³/mol. The maximum Gasteiger partial charge on any atom is 0.287 e. The smallest absolute Gasteiger partial charge is 0.287 e. The van der Waals surface area contributed by atoms with Crippen LogP contribution >= 0.6 is 11.3 Å². The van der Waals surface area contributed by atoms with E-state index in [0.29, 0.717) is 4.88 Å². The van der Waals surface area contributed by atoms with Gasteiger partial charge in [0.15, 0.2) is 15.6 Å². The molecule has 26 heavy (non-hydrogen) atoms. The van der Waals surface area contributed by atoms with Crippen LogP contribution in [0.15, 0.2) is 63.4 Å². The number of thiophene rings is 1. The second kappa shape index (κ2) is 7.47. The minimum atomic E-state index is -3.66. The van der Waals surface area contributed by atoms with Crippen LogP contribution in [0.2, 0.25) is 0 Å². The van der Waals surface area contributed by atoms with Crippen molar-refractivity contribution >= 4 is 27.1 Å². The van der Waals surface area contributed by atoms with Crippen molar-refractivity contribution in [3.63, 3.8) is 0 Å². The van der Waals surface area contributed by atoms with E-state index in [9.17, 15) is 13.2 Å². The molecular weight excluding hydrogens is 370 g/mol. The maximum absolute atomic E-state index is 13.2. The van der Waals surface area contributed by atoms with E-state index >= 15 is 0 Å².